The molecule has 0 N–H and O–H groups in total. The predicted octanol–water partition coefficient (Wildman–Crippen LogP) is 4.09. The van der Waals surface area contributed by atoms with E-state index in [9.17, 15) is 0 Å². The van der Waals surface area contributed by atoms with Crippen LogP contribution in [0.5, 0.6) is 0 Å². The first-order chi connectivity index (χ1) is 5.17. The summed E-state index contributed by atoms with van der Waals surface area (Å²) in [5, 5.41) is 1.16. The molecule has 0 radical (unpaired) electrons. The standard InChI is InChI=1S/C10H21Br/c1-5-9(6-2)10(7-11)8(3)4/h8-10H,5-7H2,1-4H3. The largest absolute Gasteiger partial charge is 0.0925 e. The number of halogens is 1. The van der Waals surface area contributed by atoms with Gasteiger partial charge in [-0.05, 0) is 17.8 Å². The molecule has 0 spiro atoms. The second kappa shape index (κ2) is 6.05. The van der Waals surface area contributed by atoms with Gasteiger partial charge in [-0.1, -0.05) is 56.5 Å². The van der Waals surface area contributed by atoms with Gasteiger partial charge in [0.05, 0.1) is 0 Å². The summed E-state index contributed by atoms with van der Waals surface area (Å²) in [6, 6.07) is 0. The Balaban J connectivity index is 3.98. The summed E-state index contributed by atoms with van der Waals surface area (Å²) in [6.07, 6.45) is 2.65. The van der Waals surface area contributed by atoms with Crippen molar-refractivity contribution in [1.29, 1.82) is 0 Å². The molecule has 1 heteroatoms. The lowest BCUT2D eigenvalue weighted by atomic mass is 9.82. The van der Waals surface area contributed by atoms with E-state index in [1.807, 2.05) is 0 Å². The maximum atomic E-state index is 3.60. The third-order valence-electron chi connectivity index (χ3n) is 2.69. The average Bonchev–Trinajstić information content (AvgIpc) is 1.99. The van der Waals surface area contributed by atoms with Crippen LogP contribution in [0.15, 0.2) is 0 Å². The van der Waals surface area contributed by atoms with Crippen molar-refractivity contribution in [2.24, 2.45) is 17.8 Å². The summed E-state index contributed by atoms with van der Waals surface area (Å²) in [5.74, 6) is 2.60. The van der Waals surface area contributed by atoms with E-state index in [2.05, 4.69) is 43.6 Å². The van der Waals surface area contributed by atoms with Crippen molar-refractivity contribution in [3.8, 4) is 0 Å². The van der Waals surface area contributed by atoms with Crippen LogP contribution in [0, 0.1) is 17.8 Å². The molecule has 0 bridgehead atoms. The van der Waals surface area contributed by atoms with Gasteiger partial charge in [0.15, 0.2) is 0 Å². The van der Waals surface area contributed by atoms with Crippen LogP contribution in [0.4, 0.5) is 0 Å². The molecule has 68 valence electrons. The normalized spacial score (nSPS) is 14.5. The molecule has 0 aliphatic heterocycles. The lowest BCUT2D eigenvalue weighted by Crippen LogP contribution is -2.20. The molecule has 0 aliphatic rings. The van der Waals surface area contributed by atoms with Gasteiger partial charge < -0.3 is 0 Å². The molecular weight excluding hydrogens is 200 g/mol. The molecule has 0 aromatic heterocycles. The molecule has 0 fully saturated rings. The fourth-order valence-corrected chi connectivity index (χ4v) is 3.02. The highest BCUT2D eigenvalue weighted by molar-refractivity contribution is 9.09. The first-order valence-electron chi connectivity index (χ1n) is 4.73. The molecule has 0 aromatic rings. The van der Waals surface area contributed by atoms with Crippen LogP contribution in [0.1, 0.15) is 40.5 Å². The lowest BCUT2D eigenvalue weighted by molar-refractivity contribution is 0.269. The van der Waals surface area contributed by atoms with E-state index >= 15 is 0 Å². The molecular formula is C10H21Br. The number of hydrogen-bond acceptors (Lipinski definition) is 0. The van der Waals surface area contributed by atoms with Crippen LogP contribution < -0.4 is 0 Å². The van der Waals surface area contributed by atoms with Crippen molar-refractivity contribution < 1.29 is 0 Å². The van der Waals surface area contributed by atoms with E-state index in [-0.39, 0.29) is 0 Å². The van der Waals surface area contributed by atoms with Gasteiger partial charge >= 0.3 is 0 Å². The summed E-state index contributed by atoms with van der Waals surface area (Å²) in [5.41, 5.74) is 0. The smallest absolute Gasteiger partial charge is 0.00647 e. The van der Waals surface area contributed by atoms with Gasteiger partial charge in [-0.25, -0.2) is 0 Å². The van der Waals surface area contributed by atoms with Crippen molar-refractivity contribution in [2.45, 2.75) is 40.5 Å². The third kappa shape index (κ3) is 3.59. The minimum atomic E-state index is 0.819. The average molecular weight is 221 g/mol. The predicted molar refractivity (Wildman–Crippen MR) is 56.2 cm³/mol. The Labute approximate surface area is 79.9 Å². The monoisotopic (exact) mass is 220 g/mol. The number of hydrogen-bond donors (Lipinski definition) is 0. The molecule has 11 heavy (non-hydrogen) atoms. The maximum Gasteiger partial charge on any atom is 0.00647 e. The van der Waals surface area contributed by atoms with Crippen molar-refractivity contribution in [2.75, 3.05) is 5.33 Å². The van der Waals surface area contributed by atoms with Gasteiger partial charge in [-0.15, -0.1) is 0 Å². The number of alkyl halides is 1. The molecule has 0 amide bonds. The molecule has 0 aromatic carbocycles. The fourth-order valence-electron chi connectivity index (χ4n) is 1.74. The minimum Gasteiger partial charge on any atom is -0.0925 e. The van der Waals surface area contributed by atoms with Crippen molar-refractivity contribution in [1.82, 2.24) is 0 Å². The van der Waals surface area contributed by atoms with E-state index in [0.717, 1.165) is 23.1 Å². The zero-order valence-electron chi connectivity index (χ0n) is 8.23. The summed E-state index contributed by atoms with van der Waals surface area (Å²) in [7, 11) is 0. The molecule has 0 nitrogen and oxygen atoms in total. The molecule has 1 unspecified atom stereocenters. The number of rotatable bonds is 5. The molecule has 0 saturated heterocycles. The second-order valence-corrected chi connectivity index (χ2v) is 4.29. The van der Waals surface area contributed by atoms with Crippen LogP contribution in [-0.2, 0) is 0 Å². The van der Waals surface area contributed by atoms with Crippen LogP contribution in [0.25, 0.3) is 0 Å². The molecule has 0 rings (SSSR count). The van der Waals surface area contributed by atoms with Crippen LogP contribution in [0.3, 0.4) is 0 Å². The molecule has 0 saturated carbocycles. The van der Waals surface area contributed by atoms with Crippen molar-refractivity contribution in [3.63, 3.8) is 0 Å². The van der Waals surface area contributed by atoms with Gasteiger partial charge in [0.25, 0.3) is 0 Å². The second-order valence-electron chi connectivity index (χ2n) is 3.64. The van der Waals surface area contributed by atoms with Crippen LogP contribution in [-0.4, -0.2) is 5.33 Å². The Hall–Kier alpha value is 0.480. The Bertz CT molecular complexity index is 84.9. The van der Waals surface area contributed by atoms with Gasteiger partial charge in [0.2, 0.25) is 0 Å². The summed E-state index contributed by atoms with van der Waals surface area (Å²) in [4.78, 5) is 0. The summed E-state index contributed by atoms with van der Waals surface area (Å²) < 4.78 is 0. The van der Waals surface area contributed by atoms with Crippen LogP contribution >= 0.6 is 15.9 Å². The SMILES string of the molecule is CCC(CC)C(CBr)C(C)C. The Morgan fingerprint density at radius 1 is 1.09 bits per heavy atom. The fraction of sp³-hybridized carbons (Fsp3) is 1.00. The third-order valence-corrected chi connectivity index (χ3v) is 3.44. The first kappa shape index (κ1) is 11.5. The lowest BCUT2D eigenvalue weighted by Gasteiger charge is -2.26. The molecule has 0 heterocycles. The van der Waals surface area contributed by atoms with Gasteiger partial charge in [-0.3, -0.25) is 0 Å². The Morgan fingerprint density at radius 3 is 1.64 bits per heavy atom. The summed E-state index contributed by atoms with van der Waals surface area (Å²) in [6.45, 7) is 9.24. The van der Waals surface area contributed by atoms with E-state index < -0.39 is 0 Å². The zero-order valence-corrected chi connectivity index (χ0v) is 9.82. The Morgan fingerprint density at radius 2 is 1.55 bits per heavy atom. The molecule has 1 atom stereocenters. The van der Waals surface area contributed by atoms with Gasteiger partial charge in [0.1, 0.15) is 0 Å². The van der Waals surface area contributed by atoms with Gasteiger partial charge in [-0.2, -0.15) is 0 Å². The van der Waals surface area contributed by atoms with Crippen molar-refractivity contribution >= 4 is 15.9 Å². The molecule has 0 aliphatic carbocycles. The highest BCUT2D eigenvalue weighted by Gasteiger charge is 2.19. The van der Waals surface area contributed by atoms with Crippen LogP contribution in [0.2, 0.25) is 0 Å². The van der Waals surface area contributed by atoms with Crippen molar-refractivity contribution in [3.05, 3.63) is 0 Å². The Kier molecular flexibility index (Phi) is 6.31. The van der Waals surface area contributed by atoms with E-state index in [0.29, 0.717) is 0 Å². The first-order valence-corrected chi connectivity index (χ1v) is 5.85. The zero-order chi connectivity index (χ0) is 8.85. The quantitative estimate of drug-likeness (QED) is 0.613. The van der Waals surface area contributed by atoms with E-state index in [4.69, 9.17) is 0 Å². The maximum absolute atomic E-state index is 3.60. The van der Waals surface area contributed by atoms with Gasteiger partial charge in [0, 0.05) is 5.33 Å². The minimum absolute atomic E-state index is 0.819. The topological polar surface area (TPSA) is 0 Å². The van der Waals surface area contributed by atoms with E-state index in [1.165, 1.54) is 12.8 Å². The highest BCUT2D eigenvalue weighted by atomic mass is 79.9. The highest BCUT2D eigenvalue weighted by Crippen LogP contribution is 2.27. The summed E-state index contributed by atoms with van der Waals surface area (Å²) >= 11 is 3.60. The van der Waals surface area contributed by atoms with E-state index in [1.54, 1.807) is 0 Å².